The number of benzene rings is 3. The second-order valence-electron chi connectivity index (χ2n) is 8.57. The fraction of sp³-hybridized carbons (Fsp3) is 0.259. The van der Waals surface area contributed by atoms with Gasteiger partial charge in [-0.25, -0.2) is 8.42 Å². The summed E-state index contributed by atoms with van der Waals surface area (Å²) in [5.41, 5.74) is 1.40. The molecule has 1 N–H and O–H groups in total. The van der Waals surface area contributed by atoms with Crippen molar-refractivity contribution < 1.29 is 18.0 Å². The Morgan fingerprint density at radius 3 is 2.16 bits per heavy atom. The predicted molar refractivity (Wildman–Crippen MR) is 151 cm³/mol. The quantitative estimate of drug-likeness (QED) is 0.336. The van der Waals surface area contributed by atoms with Crippen LogP contribution in [0.25, 0.3) is 0 Å². The number of halogens is 3. The zero-order valence-corrected chi connectivity index (χ0v) is 24.0. The number of amides is 2. The molecule has 0 aliphatic heterocycles. The van der Waals surface area contributed by atoms with E-state index in [-0.39, 0.29) is 23.8 Å². The van der Waals surface area contributed by atoms with Crippen molar-refractivity contribution in [2.75, 3.05) is 20.1 Å². The highest BCUT2D eigenvalue weighted by Gasteiger charge is 2.33. The minimum absolute atomic E-state index is 0.00550. The molecule has 7 nitrogen and oxygen atoms in total. The van der Waals surface area contributed by atoms with Crippen molar-refractivity contribution in [3.05, 3.63) is 99.0 Å². The summed E-state index contributed by atoms with van der Waals surface area (Å²) in [7, 11) is -2.69. The maximum absolute atomic E-state index is 13.8. The Kier molecular flexibility index (Phi) is 10.6. The molecule has 202 valence electrons. The molecule has 3 aromatic rings. The van der Waals surface area contributed by atoms with Crippen LogP contribution in [-0.2, 0) is 32.6 Å². The van der Waals surface area contributed by atoms with E-state index in [2.05, 4.69) is 5.32 Å². The van der Waals surface area contributed by atoms with Crippen LogP contribution in [0.1, 0.15) is 18.1 Å². The van der Waals surface area contributed by atoms with Crippen LogP contribution in [0.15, 0.2) is 77.7 Å². The summed E-state index contributed by atoms with van der Waals surface area (Å²) in [4.78, 5) is 28.4. The van der Waals surface area contributed by atoms with Crippen LogP contribution in [0.3, 0.4) is 0 Å². The summed E-state index contributed by atoms with van der Waals surface area (Å²) in [5.74, 6) is -0.929. The van der Waals surface area contributed by atoms with Gasteiger partial charge >= 0.3 is 0 Å². The number of carbonyl (C=O) groups excluding carboxylic acids is 2. The monoisotopic (exact) mass is 595 g/mol. The van der Waals surface area contributed by atoms with Crippen molar-refractivity contribution in [3.8, 4) is 0 Å². The average molecular weight is 597 g/mol. The van der Waals surface area contributed by atoms with Crippen LogP contribution in [0.2, 0.25) is 15.1 Å². The van der Waals surface area contributed by atoms with Gasteiger partial charge in [-0.15, -0.1) is 0 Å². The number of sulfonamides is 1. The van der Waals surface area contributed by atoms with E-state index in [1.807, 2.05) is 30.3 Å². The zero-order valence-electron chi connectivity index (χ0n) is 20.9. The first kappa shape index (κ1) is 29.9. The summed E-state index contributed by atoms with van der Waals surface area (Å²) in [5, 5.41) is 3.93. The topological polar surface area (TPSA) is 86.8 Å². The summed E-state index contributed by atoms with van der Waals surface area (Å²) in [6, 6.07) is 18.9. The molecule has 0 aromatic heterocycles. The molecule has 38 heavy (non-hydrogen) atoms. The number of nitrogens with one attached hydrogen (secondary N) is 1. The van der Waals surface area contributed by atoms with Gasteiger partial charge in [0.05, 0.1) is 11.4 Å². The van der Waals surface area contributed by atoms with E-state index in [0.29, 0.717) is 27.2 Å². The van der Waals surface area contributed by atoms with Crippen molar-refractivity contribution in [2.24, 2.45) is 0 Å². The second-order valence-corrected chi connectivity index (χ2v) is 11.9. The molecule has 1 unspecified atom stereocenters. The van der Waals surface area contributed by atoms with Crippen LogP contribution in [-0.4, -0.2) is 55.6 Å². The van der Waals surface area contributed by atoms with E-state index in [1.54, 1.807) is 25.1 Å². The number of hydrogen-bond acceptors (Lipinski definition) is 4. The molecule has 1 atom stereocenters. The Morgan fingerprint density at radius 1 is 0.921 bits per heavy atom. The van der Waals surface area contributed by atoms with Crippen LogP contribution in [0, 0.1) is 0 Å². The van der Waals surface area contributed by atoms with Gasteiger partial charge in [0.25, 0.3) is 0 Å². The summed E-state index contributed by atoms with van der Waals surface area (Å²) < 4.78 is 27.2. The van der Waals surface area contributed by atoms with Gasteiger partial charge in [0.1, 0.15) is 6.04 Å². The van der Waals surface area contributed by atoms with Crippen LogP contribution in [0.5, 0.6) is 0 Å². The molecule has 0 aliphatic carbocycles. The van der Waals surface area contributed by atoms with Gasteiger partial charge in [0, 0.05) is 41.6 Å². The molecule has 0 spiro atoms. The SMILES string of the molecule is CCNC(=O)C(Cc1ccccc1)N(Cc1ccc(Cl)cc1Cl)C(=O)CN(C)S(=O)(=O)c1ccc(Cl)cc1. The highest BCUT2D eigenvalue weighted by molar-refractivity contribution is 7.89. The molecule has 0 bridgehead atoms. The predicted octanol–water partition coefficient (Wildman–Crippen LogP) is 5.04. The van der Waals surface area contributed by atoms with Crippen molar-refractivity contribution in [3.63, 3.8) is 0 Å². The molecule has 0 saturated heterocycles. The maximum Gasteiger partial charge on any atom is 0.243 e. The second kappa shape index (κ2) is 13.4. The van der Waals surface area contributed by atoms with Crippen LogP contribution in [0.4, 0.5) is 0 Å². The Bertz CT molecular complexity index is 1370. The fourth-order valence-corrected chi connectivity index (χ4v) is 5.55. The van der Waals surface area contributed by atoms with Crippen LogP contribution < -0.4 is 5.32 Å². The van der Waals surface area contributed by atoms with Crippen LogP contribution >= 0.6 is 34.8 Å². The Hall–Kier alpha value is -2.62. The molecule has 0 fully saturated rings. The van der Waals surface area contributed by atoms with E-state index >= 15 is 0 Å². The third kappa shape index (κ3) is 7.71. The molecule has 0 aliphatic rings. The molecule has 3 rings (SSSR count). The first-order valence-corrected chi connectivity index (χ1v) is 14.4. The van der Waals surface area contributed by atoms with Crippen molar-refractivity contribution in [1.29, 1.82) is 0 Å². The average Bonchev–Trinajstić information content (AvgIpc) is 2.88. The summed E-state index contributed by atoms with van der Waals surface area (Å²) in [6.45, 7) is 1.62. The number of hydrogen-bond donors (Lipinski definition) is 1. The molecule has 0 radical (unpaired) electrons. The number of likely N-dealkylation sites (N-methyl/N-ethyl adjacent to an activating group) is 2. The van der Waals surface area contributed by atoms with Gasteiger partial charge in [-0.1, -0.05) is 71.2 Å². The molecule has 11 heteroatoms. The van der Waals surface area contributed by atoms with Crippen molar-refractivity contribution in [2.45, 2.75) is 30.8 Å². The highest BCUT2D eigenvalue weighted by Crippen LogP contribution is 2.25. The van der Waals surface area contributed by atoms with E-state index in [0.717, 1.165) is 9.87 Å². The number of carbonyl (C=O) groups is 2. The van der Waals surface area contributed by atoms with E-state index in [9.17, 15) is 18.0 Å². The standard InChI is InChI=1S/C27H28Cl3N3O4S/c1-3-31-27(35)25(15-19-7-5-4-6-8-19)33(17-20-9-10-22(29)16-24(20)30)26(34)18-32(2)38(36,37)23-13-11-21(28)12-14-23/h4-14,16,25H,3,15,17-18H2,1-2H3,(H,31,35). The lowest BCUT2D eigenvalue weighted by molar-refractivity contribution is -0.141. The molecule has 0 saturated carbocycles. The number of nitrogens with zero attached hydrogens (tertiary/aromatic N) is 2. The minimum atomic E-state index is -4.00. The number of rotatable bonds is 11. The van der Waals surface area contributed by atoms with Gasteiger partial charge in [0.15, 0.2) is 0 Å². The van der Waals surface area contributed by atoms with Gasteiger partial charge in [-0.05, 0) is 54.4 Å². The molecular formula is C27H28Cl3N3O4S. The Morgan fingerprint density at radius 2 is 1.55 bits per heavy atom. The molecule has 2 amide bonds. The maximum atomic E-state index is 13.8. The Balaban J connectivity index is 1.98. The molecule has 0 heterocycles. The van der Waals surface area contributed by atoms with E-state index in [1.165, 1.54) is 36.2 Å². The van der Waals surface area contributed by atoms with Gasteiger partial charge < -0.3 is 10.2 Å². The van der Waals surface area contributed by atoms with Crippen molar-refractivity contribution in [1.82, 2.24) is 14.5 Å². The third-order valence-electron chi connectivity index (χ3n) is 5.86. The first-order valence-electron chi connectivity index (χ1n) is 11.8. The van der Waals surface area contributed by atoms with E-state index in [4.69, 9.17) is 34.8 Å². The van der Waals surface area contributed by atoms with Gasteiger partial charge in [-0.2, -0.15) is 4.31 Å². The Labute approximate surface area is 238 Å². The smallest absolute Gasteiger partial charge is 0.243 e. The lowest BCUT2D eigenvalue weighted by Gasteiger charge is -2.33. The van der Waals surface area contributed by atoms with Crippen molar-refractivity contribution >= 4 is 56.6 Å². The third-order valence-corrected chi connectivity index (χ3v) is 8.51. The first-order chi connectivity index (χ1) is 18.0. The van der Waals surface area contributed by atoms with E-state index < -0.39 is 28.5 Å². The highest BCUT2D eigenvalue weighted by atomic mass is 35.5. The fourth-order valence-electron chi connectivity index (χ4n) is 3.83. The zero-order chi connectivity index (χ0) is 27.9. The minimum Gasteiger partial charge on any atom is -0.355 e. The van der Waals surface area contributed by atoms with Gasteiger partial charge in [0.2, 0.25) is 21.8 Å². The normalized spacial score (nSPS) is 12.3. The lowest BCUT2D eigenvalue weighted by atomic mass is 10.0. The summed E-state index contributed by atoms with van der Waals surface area (Å²) in [6.07, 6.45) is 0.220. The molecule has 3 aromatic carbocycles. The largest absolute Gasteiger partial charge is 0.355 e. The van der Waals surface area contributed by atoms with Gasteiger partial charge in [-0.3, -0.25) is 9.59 Å². The lowest BCUT2D eigenvalue weighted by Crippen LogP contribution is -2.53. The molecular weight excluding hydrogens is 569 g/mol. The summed E-state index contributed by atoms with van der Waals surface area (Å²) >= 11 is 18.4.